The summed E-state index contributed by atoms with van der Waals surface area (Å²) in [6.07, 6.45) is 0. The molecule has 1 saturated carbocycles. The summed E-state index contributed by atoms with van der Waals surface area (Å²) in [6, 6.07) is 3.83. The average Bonchev–Trinajstić information content (AvgIpc) is 2.66. The van der Waals surface area contributed by atoms with E-state index >= 15 is 0 Å². The Hall–Kier alpha value is -1.58. The molecule has 2 rings (SSSR count). The fraction of sp³-hybridized carbons (Fsp3) is 0.533. The Balaban J connectivity index is 2.00. The molecule has 0 spiro atoms. The molecular weight excluding hydrogens is 243 g/mol. The first kappa shape index (κ1) is 13.8. The number of nitrogens with two attached hydrogens (primary N) is 1. The van der Waals surface area contributed by atoms with Crippen LogP contribution in [0.15, 0.2) is 18.2 Å². The standard InChI is InChI=1S/C15H21FN2O/c1-14(2)12(15(14,3)4)8-18-13(19)10-6-5-9(16)7-11(10)17/h5-7,12H,8,17H2,1-4H3,(H,18,19). The zero-order chi connectivity index (χ0) is 14.4. The minimum absolute atomic E-state index is 0.173. The molecule has 1 aliphatic carbocycles. The van der Waals surface area contributed by atoms with Crippen LogP contribution in [0.1, 0.15) is 38.1 Å². The predicted octanol–water partition coefficient (Wildman–Crippen LogP) is 2.82. The Kier molecular flexibility index (Phi) is 3.07. The van der Waals surface area contributed by atoms with Crippen molar-refractivity contribution in [3.05, 3.63) is 29.6 Å². The van der Waals surface area contributed by atoms with Crippen LogP contribution in [0.4, 0.5) is 10.1 Å². The molecule has 1 aromatic rings. The number of carbonyl (C=O) groups excluding carboxylic acids is 1. The summed E-state index contributed by atoms with van der Waals surface area (Å²) >= 11 is 0. The molecule has 19 heavy (non-hydrogen) atoms. The molecule has 1 amide bonds. The Morgan fingerprint density at radius 2 is 1.89 bits per heavy atom. The van der Waals surface area contributed by atoms with Gasteiger partial charge >= 0.3 is 0 Å². The topological polar surface area (TPSA) is 55.1 Å². The Bertz CT molecular complexity index is 509. The van der Waals surface area contributed by atoms with E-state index in [2.05, 4.69) is 33.0 Å². The first-order chi connectivity index (χ1) is 8.68. The molecule has 0 radical (unpaired) electrons. The van der Waals surface area contributed by atoms with Gasteiger partial charge in [-0.3, -0.25) is 4.79 Å². The van der Waals surface area contributed by atoms with E-state index in [1.165, 1.54) is 18.2 Å². The van der Waals surface area contributed by atoms with E-state index in [0.29, 0.717) is 18.0 Å². The molecule has 3 nitrogen and oxygen atoms in total. The number of anilines is 1. The number of carbonyl (C=O) groups is 1. The summed E-state index contributed by atoms with van der Waals surface area (Å²) < 4.78 is 12.9. The maximum Gasteiger partial charge on any atom is 0.253 e. The third-order valence-electron chi connectivity index (χ3n) is 5.04. The first-order valence-electron chi connectivity index (χ1n) is 6.51. The maximum absolute atomic E-state index is 12.9. The lowest BCUT2D eigenvalue weighted by atomic mass is 10.0. The normalized spacial score (nSPS) is 20.1. The number of rotatable bonds is 3. The second kappa shape index (κ2) is 4.22. The smallest absolute Gasteiger partial charge is 0.253 e. The monoisotopic (exact) mass is 264 g/mol. The molecule has 0 aliphatic heterocycles. The molecule has 3 N–H and O–H groups in total. The van der Waals surface area contributed by atoms with Crippen LogP contribution in [-0.2, 0) is 0 Å². The van der Waals surface area contributed by atoms with E-state index in [4.69, 9.17) is 5.73 Å². The Morgan fingerprint density at radius 3 is 2.37 bits per heavy atom. The molecule has 104 valence electrons. The summed E-state index contributed by atoms with van der Waals surface area (Å²) in [4.78, 5) is 12.0. The van der Waals surface area contributed by atoms with E-state index in [0.717, 1.165) is 0 Å². The van der Waals surface area contributed by atoms with Crippen LogP contribution in [0, 0.1) is 22.6 Å². The van der Waals surface area contributed by atoms with Crippen LogP contribution in [0.3, 0.4) is 0 Å². The zero-order valence-corrected chi connectivity index (χ0v) is 11.9. The van der Waals surface area contributed by atoms with Gasteiger partial charge in [0.1, 0.15) is 5.82 Å². The molecule has 1 fully saturated rings. The van der Waals surface area contributed by atoms with Gasteiger partial charge in [0.25, 0.3) is 5.91 Å². The lowest BCUT2D eigenvalue weighted by Gasteiger charge is -2.08. The van der Waals surface area contributed by atoms with Crippen LogP contribution in [-0.4, -0.2) is 12.5 Å². The van der Waals surface area contributed by atoms with E-state index in [9.17, 15) is 9.18 Å². The summed E-state index contributed by atoms with van der Waals surface area (Å²) in [5.41, 5.74) is 6.62. The van der Waals surface area contributed by atoms with E-state index in [-0.39, 0.29) is 22.4 Å². The number of amides is 1. The quantitative estimate of drug-likeness (QED) is 0.825. The highest BCUT2D eigenvalue weighted by molar-refractivity contribution is 5.99. The highest BCUT2D eigenvalue weighted by Gasteiger charge is 2.64. The van der Waals surface area contributed by atoms with Gasteiger partial charge in [-0.2, -0.15) is 0 Å². The largest absolute Gasteiger partial charge is 0.398 e. The molecule has 0 heterocycles. The number of nitrogens with one attached hydrogen (secondary N) is 1. The van der Waals surface area contributed by atoms with Gasteiger partial charge in [-0.1, -0.05) is 27.7 Å². The van der Waals surface area contributed by atoms with Crippen molar-refractivity contribution in [2.45, 2.75) is 27.7 Å². The van der Waals surface area contributed by atoms with Crippen molar-refractivity contribution in [3.8, 4) is 0 Å². The molecule has 4 heteroatoms. The minimum Gasteiger partial charge on any atom is -0.398 e. The number of hydrogen-bond donors (Lipinski definition) is 2. The second-order valence-corrected chi connectivity index (χ2v) is 6.44. The SMILES string of the molecule is CC1(C)C(CNC(=O)c2ccc(F)cc2N)C1(C)C. The maximum atomic E-state index is 12.9. The van der Waals surface area contributed by atoms with Gasteiger partial charge in [0.15, 0.2) is 0 Å². The third-order valence-corrected chi connectivity index (χ3v) is 5.04. The van der Waals surface area contributed by atoms with Crippen molar-refractivity contribution in [2.75, 3.05) is 12.3 Å². The van der Waals surface area contributed by atoms with Crippen LogP contribution in [0.2, 0.25) is 0 Å². The van der Waals surface area contributed by atoms with Crippen molar-refractivity contribution in [2.24, 2.45) is 16.7 Å². The molecule has 0 aromatic heterocycles. The fourth-order valence-corrected chi connectivity index (χ4v) is 2.87. The van der Waals surface area contributed by atoms with Gasteiger partial charge in [-0.15, -0.1) is 0 Å². The van der Waals surface area contributed by atoms with Gasteiger partial charge in [0.2, 0.25) is 0 Å². The van der Waals surface area contributed by atoms with Crippen molar-refractivity contribution >= 4 is 11.6 Å². The lowest BCUT2D eigenvalue weighted by molar-refractivity contribution is 0.0951. The first-order valence-corrected chi connectivity index (χ1v) is 6.51. The number of benzene rings is 1. The molecule has 1 aliphatic rings. The van der Waals surface area contributed by atoms with Crippen LogP contribution >= 0.6 is 0 Å². The Morgan fingerprint density at radius 1 is 1.32 bits per heavy atom. The second-order valence-electron chi connectivity index (χ2n) is 6.44. The van der Waals surface area contributed by atoms with Crippen molar-refractivity contribution in [1.29, 1.82) is 0 Å². The van der Waals surface area contributed by atoms with Crippen LogP contribution < -0.4 is 11.1 Å². The molecule has 0 unspecified atom stereocenters. The van der Waals surface area contributed by atoms with Gasteiger partial charge in [0, 0.05) is 12.2 Å². The van der Waals surface area contributed by atoms with Crippen molar-refractivity contribution in [1.82, 2.24) is 5.32 Å². The predicted molar refractivity (Wildman–Crippen MR) is 74.2 cm³/mol. The van der Waals surface area contributed by atoms with E-state index in [1.807, 2.05) is 0 Å². The molecule has 1 aromatic carbocycles. The van der Waals surface area contributed by atoms with E-state index < -0.39 is 5.82 Å². The molecule has 0 atom stereocenters. The third kappa shape index (κ3) is 2.20. The highest BCUT2D eigenvalue weighted by atomic mass is 19.1. The van der Waals surface area contributed by atoms with Crippen molar-refractivity contribution in [3.63, 3.8) is 0 Å². The average molecular weight is 264 g/mol. The molecule has 0 saturated heterocycles. The van der Waals surface area contributed by atoms with Crippen LogP contribution in [0.5, 0.6) is 0 Å². The summed E-state index contributed by atoms with van der Waals surface area (Å²) in [7, 11) is 0. The fourth-order valence-electron chi connectivity index (χ4n) is 2.87. The Labute approximate surface area is 113 Å². The number of halogens is 1. The van der Waals surface area contributed by atoms with Gasteiger partial charge in [-0.05, 0) is 34.9 Å². The van der Waals surface area contributed by atoms with E-state index in [1.54, 1.807) is 0 Å². The summed E-state index contributed by atoms with van der Waals surface area (Å²) in [5.74, 6) is -0.222. The van der Waals surface area contributed by atoms with Gasteiger partial charge < -0.3 is 11.1 Å². The van der Waals surface area contributed by atoms with Crippen LogP contribution in [0.25, 0.3) is 0 Å². The zero-order valence-electron chi connectivity index (χ0n) is 11.9. The molecule has 0 bridgehead atoms. The number of hydrogen-bond acceptors (Lipinski definition) is 2. The molecular formula is C15H21FN2O. The minimum atomic E-state index is -0.432. The van der Waals surface area contributed by atoms with Gasteiger partial charge in [-0.25, -0.2) is 4.39 Å². The van der Waals surface area contributed by atoms with Crippen molar-refractivity contribution < 1.29 is 9.18 Å². The summed E-state index contributed by atoms with van der Waals surface area (Å²) in [6.45, 7) is 9.44. The highest BCUT2D eigenvalue weighted by Crippen LogP contribution is 2.67. The van der Waals surface area contributed by atoms with Gasteiger partial charge in [0.05, 0.1) is 5.56 Å². The number of nitrogen functional groups attached to an aromatic ring is 1. The lowest BCUT2D eigenvalue weighted by Crippen LogP contribution is -2.27. The summed E-state index contributed by atoms with van der Waals surface area (Å²) in [5, 5.41) is 2.89.